The molecule has 0 aromatic carbocycles. The predicted molar refractivity (Wildman–Crippen MR) is 57.8 cm³/mol. The lowest BCUT2D eigenvalue weighted by Crippen LogP contribution is -2.51. The first-order valence-electron chi connectivity index (χ1n) is 4.46. The second-order valence-corrected chi connectivity index (χ2v) is 11.9. The zero-order valence-corrected chi connectivity index (χ0v) is 10.9. The van der Waals surface area contributed by atoms with Gasteiger partial charge in [0.05, 0.1) is 0 Å². The molecule has 3 heteroatoms. The minimum atomic E-state index is -0.991. The zero-order chi connectivity index (χ0) is 9.07. The highest BCUT2D eigenvalue weighted by molar-refractivity contribution is 6.83. The van der Waals surface area contributed by atoms with Gasteiger partial charge >= 0.3 is 0 Å². The Hall–Kier alpha value is 0.394. The van der Waals surface area contributed by atoms with E-state index in [1.54, 1.807) is 0 Å². The molecule has 0 saturated carbocycles. The van der Waals surface area contributed by atoms with Crippen LogP contribution in [-0.4, -0.2) is 28.5 Å². The highest BCUT2D eigenvalue weighted by Crippen LogP contribution is 2.16. The molecule has 0 unspecified atom stereocenters. The summed E-state index contributed by atoms with van der Waals surface area (Å²) in [5, 5.41) is 0. The van der Waals surface area contributed by atoms with Gasteiger partial charge in [0.25, 0.3) is 0 Å². The fourth-order valence-corrected chi connectivity index (χ4v) is 8.12. The first kappa shape index (κ1) is 11.4. The summed E-state index contributed by atoms with van der Waals surface area (Å²) >= 11 is 0. The molecule has 0 atom stereocenters. The average molecular weight is 188 g/mol. The Morgan fingerprint density at radius 3 is 2.00 bits per heavy atom. The number of nitrogens with zero attached hydrogens (tertiary/aromatic N) is 1. The average Bonchev–Trinajstić information content (AvgIpc) is 1.86. The lowest BCUT2D eigenvalue weighted by atomic mass is 10.6. The van der Waals surface area contributed by atoms with Crippen molar-refractivity contribution in [1.82, 2.24) is 4.23 Å². The maximum Gasteiger partial charge on any atom is 0.122 e. The van der Waals surface area contributed by atoms with Gasteiger partial charge < -0.3 is 4.23 Å². The summed E-state index contributed by atoms with van der Waals surface area (Å²) in [5.41, 5.74) is 0. The molecule has 0 heterocycles. The summed E-state index contributed by atoms with van der Waals surface area (Å²) in [7, 11) is 1.13. The maximum absolute atomic E-state index is 2.68. The van der Waals surface area contributed by atoms with E-state index < -0.39 is 8.24 Å². The van der Waals surface area contributed by atoms with Crippen molar-refractivity contribution in [2.24, 2.45) is 0 Å². The second-order valence-electron chi connectivity index (χ2n) is 4.07. The normalized spacial score (nSPS) is 13.1. The largest absolute Gasteiger partial charge is 0.349 e. The fraction of sp³-hybridized carbons (Fsp3) is 1.00. The van der Waals surface area contributed by atoms with Crippen LogP contribution in [0.3, 0.4) is 0 Å². The fourth-order valence-electron chi connectivity index (χ4n) is 1.38. The van der Waals surface area contributed by atoms with Crippen LogP contribution in [0.4, 0.5) is 0 Å². The van der Waals surface area contributed by atoms with E-state index in [1.165, 1.54) is 12.5 Å². The number of rotatable bonds is 4. The first-order valence-corrected chi connectivity index (χ1v) is 10.1. The summed E-state index contributed by atoms with van der Waals surface area (Å²) in [6.07, 6.45) is 1.35. The highest BCUT2D eigenvalue weighted by atomic mass is 28.4. The third-order valence-corrected chi connectivity index (χ3v) is 10.5. The molecule has 1 nitrogen and oxygen atoms in total. The van der Waals surface area contributed by atoms with Gasteiger partial charge in [-0.15, -0.1) is 0 Å². The molecule has 0 aromatic rings. The van der Waals surface area contributed by atoms with Crippen LogP contribution in [0.1, 0.15) is 13.3 Å². The highest BCUT2D eigenvalue weighted by Gasteiger charge is 2.27. The molecular weight excluding hydrogens is 166 g/mol. The van der Waals surface area contributed by atoms with Crippen molar-refractivity contribution in [2.45, 2.75) is 45.6 Å². The third-order valence-electron chi connectivity index (χ3n) is 2.44. The van der Waals surface area contributed by atoms with Crippen molar-refractivity contribution in [2.75, 3.05) is 7.05 Å². The molecule has 0 N–H and O–H groups in total. The van der Waals surface area contributed by atoms with E-state index in [0.29, 0.717) is 0 Å². The van der Waals surface area contributed by atoms with Gasteiger partial charge in [-0.2, -0.15) is 0 Å². The van der Waals surface area contributed by atoms with Crippen molar-refractivity contribution in [1.29, 1.82) is 0 Å². The van der Waals surface area contributed by atoms with Gasteiger partial charge in [-0.3, -0.25) is 0 Å². The SMILES string of the molecule is CCC[Si](C)(C)N(C)[Si](C)C. The monoisotopic (exact) mass is 188 g/mol. The van der Waals surface area contributed by atoms with Gasteiger partial charge in [0.15, 0.2) is 0 Å². The summed E-state index contributed by atoms with van der Waals surface area (Å²) < 4.78 is 2.68. The van der Waals surface area contributed by atoms with Gasteiger partial charge in [-0.25, -0.2) is 0 Å². The van der Waals surface area contributed by atoms with Crippen LogP contribution in [0.15, 0.2) is 0 Å². The van der Waals surface area contributed by atoms with E-state index in [9.17, 15) is 0 Å². The Morgan fingerprint density at radius 1 is 1.27 bits per heavy atom. The van der Waals surface area contributed by atoms with E-state index in [1.807, 2.05) is 0 Å². The van der Waals surface area contributed by atoms with Gasteiger partial charge in [0.1, 0.15) is 17.2 Å². The zero-order valence-electron chi connectivity index (χ0n) is 8.86. The quantitative estimate of drug-likeness (QED) is 0.613. The second kappa shape index (κ2) is 4.43. The van der Waals surface area contributed by atoms with E-state index >= 15 is 0 Å². The Balaban J connectivity index is 4.05. The van der Waals surface area contributed by atoms with Crippen LogP contribution in [0, 0.1) is 0 Å². The van der Waals surface area contributed by atoms with E-state index in [2.05, 4.69) is 44.4 Å². The predicted octanol–water partition coefficient (Wildman–Crippen LogP) is 2.78. The summed E-state index contributed by atoms with van der Waals surface area (Å²) in [5.74, 6) is 0. The minimum Gasteiger partial charge on any atom is -0.349 e. The van der Waals surface area contributed by atoms with Crippen LogP contribution in [0.25, 0.3) is 0 Å². The Bertz CT molecular complexity index is 113. The van der Waals surface area contributed by atoms with Crippen molar-refractivity contribution in [3.8, 4) is 0 Å². The van der Waals surface area contributed by atoms with Gasteiger partial charge in [-0.1, -0.05) is 39.5 Å². The molecule has 0 aliphatic heterocycles. The number of hydrogen-bond acceptors (Lipinski definition) is 1. The van der Waals surface area contributed by atoms with Crippen LogP contribution >= 0.6 is 0 Å². The Morgan fingerprint density at radius 2 is 1.73 bits per heavy atom. The van der Waals surface area contributed by atoms with Crippen molar-refractivity contribution >= 4 is 17.2 Å². The van der Waals surface area contributed by atoms with Gasteiger partial charge in [0, 0.05) is 0 Å². The van der Waals surface area contributed by atoms with Gasteiger partial charge in [-0.05, 0) is 13.1 Å². The molecule has 67 valence electrons. The molecule has 1 radical (unpaired) electrons. The standard InChI is InChI=1S/C8H22NSi2/c1-7-8-11(5,6)9(2)10(3)4/h7-8H2,1-6H3. The van der Waals surface area contributed by atoms with E-state index in [0.717, 1.165) is 0 Å². The minimum absolute atomic E-state index is 0.196. The molecule has 0 rings (SSSR count). The molecular formula is C8H22NSi2. The molecule has 0 saturated heterocycles. The van der Waals surface area contributed by atoms with Crippen molar-refractivity contribution in [3.05, 3.63) is 0 Å². The summed E-state index contributed by atoms with van der Waals surface area (Å²) in [4.78, 5) is 0. The molecule has 0 fully saturated rings. The van der Waals surface area contributed by atoms with E-state index in [4.69, 9.17) is 0 Å². The lowest BCUT2D eigenvalue weighted by molar-refractivity contribution is 0.758. The Kier molecular flexibility index (Phi) is 4.59. The van der Waals surface area contributed by atoms with Crippen molar-refractivity contribution < 1.29 is 0 Å². The first-order chi connectivity index (χ1) is 4.91. The molecule has 11 heavy (non-hydrogen) atoms. The van der Waals surface area contributed by atoms with E-state index in [-0.39, 0.29) is 8.96 Å². The van der Waals surface area contributed by atoms with Crippen LogP contribution in [0.2, 0.25) is 32.2 Å². The Labute approximate surface area is 74.6 Å². The maximum atomic E-state index is 2.68. The molecule has 0 bridgehead atoms. The van der Waals surface area contributed by atoms with Gasteiger partial charge in [0.2, 0.25) is 0 Å². The lowest BCUT2D eigenvalue weighted by Gasteiger charge is -2.36. The summed E-state index contributed by atoms with van der Waals surface area (Å²) in [6, 6.07) is 1.44. The number of hydrogen-bond donors (Lipinski definition) is 0. The van der Waals surface area contributed by atoms with Crippen LogP contribution in [0.5, 0.6) is 0 Å². The topological polar surface area (TPSA) is 3.24 Å². The molecule has 0 aliphatic rings. The van der Waals surface area contributed by atoms with Crippen LogP contribution in [-0.2, 0) is 0 Å². The molecule has 0 amide bonds. The molecule has 0 aliphatic carbocycles. The van der Waals surface area contributed by atoms with Crippen molar-refractivity contribution in [3.63, 3.8) is 0 Å². The van der Waals surface area contributed by atoms with Crippen LogP contribution < -0.4 is 0 Å². The smallest absolute Gasteiger partial charge is 0.122 e. The third kappa shape index (κ3) is 3.53. The molecule has 0 spiro atoms. The molecule has 0 aromatic heterocycles. The summed E-state index contributed by atoms with van der Waals surface area (Å²) in [6.45, 7) is 12.0.